The molecule has 11 heavy (non-hydrogen) atoms. The molecular weight excluding hydrogens is 144 g/mol. The number of carbonyl (C=O) groups is 1. The fourth-order valence-corrected chi connectivity index (χ4v) is 1.43. The van der Waals surface area contributed by atoms with Crippen LogP contribution in [0.1, 0.15) is 6.92 Å². The number of fused-ring (bicyclic) bond motifs is 1. The molecule has 1 fully saturated rings. The Labute approximate surface area is 65.0 Å². The molecule has 2 rings (SSSR count). The molecule has 1 aliphatic heterocycles. The van der Waals surface area contributed by atoms with E-state index >= 15 is 0 Å². The molecule has 3 heteroatoms. The van der Waals surface area contributed by atoms with Crippen molar-refractivity contribution in [1.29, 1.82) is 0 Å². The molecule has 0 aromatic carbocycles. The number of Topliss-reactive ketones (excluding diaryl/α,β-unsaturated/α-hetero) is 1. The SMILES string of the molecule is COC1C=C(C)C(=O)C2OC12. The molecule has 0 aromatic rings. The lowest BCUT2D eigenvalue weighted by Crippen LogP contribution is -2.27. The minimum atomic E-state index is -0.204. The van der Waals surface area contributed by atoms with Crippen LogP contribution in [0.3, 0.4) is 0 Å². The molecule has 3 atom stereocenters. The van der Waals surface area contributed by atoms with Crippen molar-refractivity contribution >= 4 is 5.78 Å². The molecule has 1 saturated heterocycles. The van der Waals surface area contributed by atoms with Crippen LogP contribution in [0.4, 0.5) is 0 Å². The van der Waals surface area contributed by atoms with E-state index in [0.29, 0.717) is 0 Å². The molecule has 1 heterocycles. The zero-order valence-electron chi connectivity index (χ0n) is 6.53. The third-order valence-electron chi connectivity index (χ3n) is 2.18. The van der Waals surface area contributed by atoms with E-state index in [2.05, 4.69) is 0 Å². The van der Waals surface area contributed by atoms with E-state index in [0.717, 1.165) is 5.57 Å². The molecule has 1 aliphatic carbocycles. The van der Waals surface area contributed by atoms with Crippen LogP contribution < -0.4 is 0 Å². The number of methoxy groups -OCH3 is 1. The number of epoxide rings is 1. The molecule has 0 saturated carbocycles. The Morgan fingerprint density at radius 2 is 2.36 bits per heavy atom. The fraction of sp³-hybridized carbons (Fsp3) is 0.625. The van der Waals surface area contributed by atoms with Gasteiger partial charge in [0.15, 0.2) is 5.78 Å². The second-order valence-corrected chi connectivity index (χ2v) is 2.94. The summed E-state index contributed by atoms with van der Waals surface area (Å²) in [4.78, 5) is 11.2. The van der Waals surface area contributed by atoms with Crippen LogP contribution in [0.15, 0.2) is 11.6 Å². The lowest BCUT2D eigenvalue weighted by Gasteiger charge is -2.12. The quantitative estimate of drug-likeness (QED) is 0.510. The van der Waals surface area contributed by atoms with Crippen molar-refractivity contribution in [2.45, 2.75) is 25.2 Å². The molecule has 60 valence electrons. The van der Waals surface area contributed by atoms with Crippen molar-refractivity contribution in [3.05, 3.63) is 11.6 Å². The summed E-state index contributed by atoms with van der Waals surface area (Å²) < 4.78 is 10.2. The highest BCUT2D eigenvalue weighted by atomic mass is 16.6. The van der Waals surface area contributed by atoms with E-state index in [-0.39, 0.29) is 24.1 Å². The van der Waals surface area contributed by atoms with Gasteiger partial charge in [0.25, 0.3) is 0 Å². The first-order valence-corrected chi connectivity index (χ1v) is 3.65. The lowest BCUT2D eigenvalue weighted by atomic mass is 9.97. The van der Waals surface area contributed by atoms with Gasteiger partial charge in [0.2, 0.25) is 0 Å². The summed E-state index contributed by atoms with van der Waals surface area (Å²) in [6, 6.07) is 0. The minimum Gasteiger partial charge on any atom is -0.375 e. The first kappa shape index (κ1) is 7.00. The Balaban J connectivity index is 2.23. The molecule has 0 spiro atoms. The Morgan fingerprint density at radius 1 is 1.64 bits per heavy atom. The summed E-state index contributed by atoms with van der Waals surface area (Å²) >= 11 is 0. The predicted octanol–water partition coefficient (Wildman–Crippen LogP) is 0.298. The van der Waals surface area contributed by atoms with Gasteiger partial charge in [0, 0.05) is 7.11 Å². The number of carbonyl (C=O) groups excluding carboxylic acids is 1. The largest absolute Gasteiger partial charge is 0.375 e. The maximum atomic E-state index is 11.2. The van der Waals surface area contributed by atoms with Gasteiger partial charge in [-0.2, -0.15) is 0 Å². The first-order valence-electron chi connectivity index (χ1n) is 3.65. The summed E-state index contributed by atoms with van der Waals surface area (Å²) in [5, 5.41) is 0. The van der Waals surface area contributed by atoms with Gasteiger partial charge in [-0.3, -0.25) is 4.79 Å². The second-order valence-electron chi connectivity index (χ2n) is 2.94. The van der Waals surface area contributed by atoms with Crippen LogP contribution in [0.25, 0.3) is 0 Å². The summed E-state index contributed by atoms with van der Waals surface area (Å²) in [6.07, 6.45) is 1.61. The normalized spacial score (nSPS) is 41.5. The van der Waals surface area contributed by atoms with Crippen molar-refractivity contribution in [3.8, 4) is 0 Å². The van der Waals surface area contributed by atoms with E-state index in [9.17, 15) is 4.79 Å². The topological polar surface area (TPSA) is 38.8 Å². The molecule has 2 aliphatic rings. The van der Waals surface area contributed by atoms with Crippen LogP contribution >= 0.6 is 0 Å². The number of hydrogen-bond acceptors (Lipinski definition) is 3. The van der Waals surface area contributed by atoms with E-state index in [1.807, 2.05) is 6.08 Å². The third-order valence-corrected chi connectivity index (χ3v) is 2.18. The van der Waals surface area contributed by atoms with Crippen LogP contribution in [0.2, 0.25) is 0 Å². The van der Waals surface area contributed by atoms with Crippen LogP contribution in [0, 0.1) is 0 Å². The summed E-state index contributed by atoms with van der Waals surface area (Å²) in [6.45, 7) is 1.80. The predicted molar refractivity (Wildman–Crippen MR) is 38.2 cm³/mol. The van der Waals surface area contributed by atoms with Crippen molar-refractivity contribution in [3.63, 3.8) is 0 Å². The minimum absolute atomic E-state index is 0.00352. The molecule has 3 nitrogen and oxygen atoms in total. The van der Waals surface area contributed by atoms with E-state index in [4.69, 9.17) is 9.47 Å². The summed E-state index contributed by atoms with van der Waals surface area (Å²) in [5.74, 6) is 0.114. The maximum Gasteiger partial charge on any atom is 0.189 e. The van der Waals surface area contributed by atoms with Crippen molar-refractivity contribution < 1.29 is 14.3 Å². The summed E-state index contributed by atoms with van der Waals surface area (Å²) in [7, 11) is 1.63. The number of ether oxygens (including phenoxy) is 2. The van der Waals surface area contributed by atoms with Gasteiger partial charge in [0.1, 0.15) is 18.3 Å². The highest BCUT2D eigenvalue weighted by Gasteiger charge is 2.52. The monoisotopic (exact) mass is 154 g/mol. The Bertz CT molecular complexity index is 231. The van der Waals surface area contributed by atoms with Gasteiger partial charge >= 0.3 is 0 Å². The van der Waals surface area contributed by atoms with Gasteiger partial charge < -0.3 is 9.47 Å². The average Bonchev–Trinajstić information content (AvgIpc) is 2.76. The Hall–Kier alpha value is -0.670. The van der Waals surface area contributed by atoms with Crippen LogP contribution in [-0.2, 0) is 14.3 Å². The molecule has 3 unspecified atom stereocenters. The van der Waals surface area contributed by atoms with Crippen molar-refractivity contribution in [2.24, 2.45) is 0 Å². The molecule has 0 bridgehead atoms. The van der Waals surface area contributed by atoms with Gasteiger partial charge in [-0.1, -0.05) is 0 Å². The van der Waals surface area contributed by atoms with Gasteiger partial charge in [0.05, 0.1) is 0 Å². The molecule has 0 amide bonds. The standard InChI is InChI=1S/C8H10O3/c1-4-3-5(10-2)7-8(11-7)6(4)9/h3,5,7-8H,1-2H3. The second kappa shape index (κ2) is 2.16. The molecule has 0 aromatic heterocycles. The lowest BCUT2D eigenvalue weighted by molar-refractivity contribution is -0.116. The maximum absolute atomic E-state index is 11.2. The van der Waals surface area contributed by atoms with E-state index in [1.54, 1.807) is 14.0 Å². The molecule has 0 radical (unpaired) electrons. The highest BCUT2D eigenvalue weighted by Crippen LogP contribution is 2.34. The van der Waals surface area contributed by atoms with Crippen LogP contribution in [-0.4, -0.2) is 31.2 Å². The zero-order chi connectivity index (χ0) is 8.01. The zero-order valence-corrected chi connectivity index (χ0v) is 6.53. The molecular formula is C8H10O3. The number of ketones is 1. The summed E-state index contributed by atoms with van der Waals surface area (Å²) in [5.41, 5.74) is 0.760. The third kappa shape index (κ3) is 0.921. The van der Waals surface area contributed by atoms with Gasteiger partial charge in [-0.15, -0.1) is 0 Å². The van der Waals surface area contributed by atoms with Crippen molar-refractivity contribution in [1.82, 2.24) is 0 Å². The number of hydrogen-bond donors (Lipinski definition) is 0. The van der Waals surface area contributed by atoms with Gasteiger partial charge in [-0.25, -0.2) is 0 Å². The average molecular weight is 154 g/mol. The first-order chi connectivity index (χ1) is 5.24. The van der Waals surface area contributed by atoms with E-state index in [1.165, 1.54) is 0 Å². The smallest absolute Gasteiger partial charge is 0.189 e. The Morgan fingerprint density at radius 3 is 3.00 bits per heavy atom. The van der Waals surface area contributed by atoms with E-state index < -0.39 is 0 Å². The van der Waals surface area contributed by atoms with Crippen LogP contribution in [0.5, 0.6) is 0 Å². The van der Waals surface area contributed by atoms with Gasteiger partial charge in [-0.05, 0) is 18.6 Å². The number of rotatable bonds is 1. The highest BCUT2D eigenvalue weighted by molar-refractivity contribution is 6.01. The fourth-order valence-electron chi connectivity index (χ4n) is 1.43. The molecule has 0 N–H and O–H groups in total. The van der Waals surface area contributed by atoms with Crippen molar-refractivity contribution in [2.75, 3.05) is 7.11 Å². The Kier molecular flexibility index (Phi) is 1.37.